The standard InChI is InChI=1S/C8H4F9Ge.3C4H10N.Hf/c9-6(10,11)18(7(12,13)14,8(15,16)17)5-3-1-2-4-5;3*1-4(2)3-5;/h1-4H;3*4-5H,3H2,1-2H3;/q4*-1;+4. The Morgan fingerprint density at radius 2 is 0.765 bits per heavy atom. The van der Waals surface area contributed by atoms with Crippen LogP contribution in [0.3, 0.4) is 0 Å². The van der Waals surface area contributed by atoms with E-state index in [1.807, 2.05) is 41.5 Å². The largest absolute Gasteiger partial charge is 4.00 e. The van der Waals surface area contributed by atoms with E-state index in [2.05, 4.69) is 0 Å². The maximum Gasteiger partial charge on any atom is 4.00 e. The number of halogens is 9. The molecule has 0 radical (unpaired) electrons. The Balaban J connectivity index is -0.000000231. The van der Waals surface area contributed by atoms with Gasteiger partial charge in [0.1, 0.15) is 0 Å². The van der Waals surface area contributed by atoms with Crippen LogP contribution in [0, 0.1) is 17.8 Å². The quantitative estimate of drug-likeness (QED) is 0.169. The summed E-state index contributed by atoms with van der Waals surface area (Å²) in [5.41, 5.74) is 20.0. The van der Waals surface area contributed by atoms with Crippen molar-refractivity contribution >= 4 is 17.7 Å². The van der Waals surface area contributed by atoms with Gasteiger partial charge in [-0.2, -0.15) is 0 Å². The van der Waals surface area contributed by atoms with Crippen molar-refractivity contribution in [3.63, 3.8) is 0 Å². The minimum Gasteiger partial charge on any atom is 4.00 e. The summed E-state index contributed by atoms with van der Waals surface area (Å²) in [6, 6.07) is 1.90. The van der Waals surface area contributed by atoms with Gasteiger partial charge in [-0.3, -0.25) is 0 Å². The molecule has 0 spiro atoms. The summed E-state index contributed by atoms with van der Waals surface area (Å²) in [7, 11) is 0. The average Bonchev–Trinajstić information content (AvgIpc) is 3.13. The molecule has 14 heteroatoms. The van der Waals surface area contributed by atoms with E-state index in [-0.39, 0.29) is 38.0 Å². The zero-order valence-electron chi connectivity index (χ0n) is 20.1. The van der Waals surface area contributed by atoms with Crippen LogP contribution >= 0.6 is 0 Å². The van der Waals surface area contributed by atoms with Crippen LogP contribution in [0.2, 0.25) is 0 Å². The molecule has 0 heterocycles. The third-order valence-electron chi connectivity index (χ3n) is 3.60. The van der Waals surface area contributed by atoms with E-state index < -0.39 is 32.7 Å². The van der Waals surface area contributed by atoms with Crippen LogP contribution < -0.4 is 4.40 Å². The fourth-order valence-corrected chi connectivity index (χ4v) is 7.13. The molecule has 1 aromatic rings. The molecule has 34 heavy (non-hydrogen) atoms. The van der Waals surface area contributed by atoms with Crippen molar-refractivity contribution in [3.8, 4) is 0 Å². The predicted molar refractivity (Wildman–Crippen MR) is 118 cm³/mol. The number of hydrogen-bond acceptors (Lipinski definition) is 0. The Morgan fingerprint density at radius 1 is 0.588 bits per heavy atom. The molecule has 0 aromatic heterocycles. The second-order valence-corrected chi connectivity index (χ2v) is 16.1. The van der Waals surface area contributed by atoms with E-state index in [0.29, 0.717) is 37.4 Å². The van der Waals surface area contributed by atoms with E-state index in [1.165, 1.54) is 0 Å². The fraction of sp³-hybridized carbons (Fsp3) is 0.750. The molecule has 3 nitrogen and oxygen atoms in total. The first-order valence-electron chi connectivity index (χ1n) is 10.0. The SMILES string of the molecule is CC(C)C[NH-].CC(C)C[NH-].CC(C)C[NH-].F[C](F)(F)[Ge]([c-]1cccc1)([C](F)(F)F)[C](F)(F)F.[Hf+4]. The first-order chi connectivity index (χ1) is 14.7. The normalized spacial score (nSPS) is 12.1. The van der Waals surface area contributed by atoms with Crippen LogP contribution in [0.15, 0.2) is 24.3 Å². The molecule has 0 aliphatic heterocycles. The van der Waals surface area contributed by atoms with Gasteiger partial charge < -0.3 is 17.2 Å². The second-order valence-electron chi connectivity index (χ2n) is 8.21. The van der Waals surface area contributed by atoms with Crippen LogP contribution in [0.5, 0.6) is 0 Å². The van der Waals surface area contributed by atoms with E-state index in [4.69, 9.17) is 17.2 Å². The third kappa shape index (κ3) is 14.5. The molecule has 3 N–H and O–H groups in total. The van der Waals surface area contributed by atoms with Crippen LogP contribution in [-0.2, 0) is 25.8 Å². The Labute approximate surface area is 217 Å². The number of nitrogens with one attached hydrogen (secondary N) is 3. The molecule has 0 atom stereocenters. The fourth-order valence-electron chi connectivity index (χ4n) is 1.60. The molecule has 0 fully saturated rings. The van der Waals surface area contributed by atoms with Gasteiger partial charge in [-0.1, -0.05) is 59.3 Å². The molecule has 0 aliphatic carbocycles. The topological polar surface area (TPSA) is 71.4 Å². The predicted octanol–water partition coefficient (Wildman–Crippen LogP) is 8.45. The van der Waals surface area contributed by atoms with Gasteiger partial charge in [0.15, 0.2) is 0 Å². The van der Waals surface area contributed by atoms with E-state index in [9.17, 15) is 39.5 Å². The smallest absolute Gasteiger partial charge is 4.00 e. The summed E-state index contributed by atoms with van der Waals surface area (Å²) >= 11 is -8.38. The van der Waals surface area contributed by atoms with Crippen molar-refractivity contribution in [3.05, 3.63) is 41.5 Å². The van der Waals surface area contributed by atoms with Crippen molar-refractivity contribution < 1.29 is 65.4 Å². The van der Waals surface area contributed by atoms with Crippen molar-refractivity contribution in [2.75, 3.05) is 19.6 Å². The number of rotatable bonds is 4. The molecule has 1 aromatic carbocycles. The Morgan fingerprint density at radius 3 is 0.882 bits per heavy atom. The zero-order chi connectivity index (χ0) is 27.3. The maximum atomic E-state index is 12.6. The first kappa shape index (κ1) is 41.2. The maximum absolute atomic E-state index is 12.6. The van der Waals surface area contributed by atoms with Crippen LogP contribution in [-0.4, -0.2) is 47.9 Å². The van der Waals surface area contributed by atoms with Crippen LogP contribution in [0.1, 0.15) is 41.5 Å². The van der Waals surface area contributed by atoms with Gasteiger partial charge in [0.25, 0.3) is 0 Å². The average molecular weight is 739 g/mol. The second kappa shape index (κ2) is 18.3. The van der Waals surface area contributed by atoms with Crippen molar-refractivity contribution in [2.24, 2.45) is 17.8 Å². The van der Waals surface area contributed by atoms with Crippen molar-refractivity contribution in [2.45, 2.75) is 56.6 Å². The number of hydrogen-bond donors (Lipinski definition) is 0. The first-order valence-corrected chi connectivity index (χ1v) is 14.2. The Bertz CT molecular complexity index is 531. The minimum atomic E-state index is -8.38. The van der Waals surface area contributed by atoms with E-state index >= 15 is 0 Å². The molecule has 0 amide bonds. The van der Waals surface area contributed by atoms with Gasteiger partial charge >= 0.3 is 122 Å². The van der Waals surface area contributed by atoms with Gasteiger partial charge in [-0.25, -0.2) is 0 Å². The zero-order valence-corrected chi connectivity index (χ0v) is 25.8. The van der Waals surface area contributed by atoms with Crippen LogP contribution in [0.25, 0.3) is 17.2 Å². The van der Waals surface area contributed by atoms with Gasteiger partial charge in [-0.05, 0) is 0 Å². The molecule has 0 aliphatic rings. The molecule has 0 bridgehead atoms. The molecule has 0 saturated carbocycles. The Kier molecular flexibility index (Phi) is 22.1. The molecule has 0 unspecified atom stereocenters. The van der Waals surface area contributed by atoms with E-state index in [1.54, 1.807) is 0 Å². The molecule has 1 rings (SSSR count). The summed E-state index contributed by atoms with van der Waals surface area (Å²) in [5, 5.41) is -19.1. The molecule has 0 saturated heterocycles. The number of alkyl halides is 9. The summed E-state index contributed by atoms with van der Waals surface area (Å²) in [4.78, 5) is 0. The van der Waals surface area contributed by atoms with Crippen LogP contribution in [0.4, 0.5) is 39.5 Å². The van der Waals surface area contributed by atoms with Crippen molar-refractivity contribution in [1.82, 2.24) is 0 Å². The van der Waals surface area contributed by atoms with Gasteiger partial charge in [0.05, 0.1) is 0 Å². The minimum absolute atomic E-state index is 0. The van der Waals surface area contributed by atoms with Gasteiger partial charge in [-0.15, -0.1) is 19.6 Å². The molecule has 200 valence electrons. The van der Waals surface area contributed by atoms with Gasteiger partial charge in [0, 0.05) is 0 Å². The van der Waals surface area contributed by atoms with Crippen molar-refractivity contribution in [1.29, 1.82) is 0 Å². The summed E-state index contributed by atoms with van der Waals surface area (Å²) in [6.07, 6.45) is 0. The summed E-state index contributed by atoms with van der Waals surface area (Å²) in [5.74, 6) is 1.65. The molecular formula is C20H34F9GeHfN3. The Hall–Kier alpha value is 0.0130. The summed E-state index contributed by atoms with van der Waals surface area (Å²) in [6.45, 7) is 13.9. The molecular weight excluding hydrogens is 704 g/mol. The van der Waals surface area contributed by atoms with Gasteiger partial charge in [0.2, 0.25) is 0 Å². The van der Waals surface area contributed by atoms with E-state index in [0.717, 1.165) is 12.1 Å². The summed E-state index contributed by atoms with van der Waals surface area (Å²) < 4.78 is 111. The monoisotopic (exact) mass is 741 g/mol. The third-order valence-corrected chi connectivity index (χ3v) is 11.5.